The third kappa shape index (κ3) is 4.54. The molecule has 1 unspecified atom stereocenters. The van der Waals surface area contributed by atoms with E-state index in [2.05, 4.69) is 20.7 Å². The van der Waals surface area contributed by atoms with Crippen molar-refractivity contribution in [3.63, 3.8) is 0 Å². The highest BCUT2D eigenvalue weighted by atomic mass is 32.2. The number of aromatic nitrogens is 4. The van der Waals surface area contributed by atoms with Gasteiger partial charge in [-0.05, 0) is 45.0 Å². The molecule has 2 aromatic carbocycles. The molecule has 1 atom stereocenters. The molecule has 2 N–H and O–H groups in total. The summed E-state index contributed by atoms with van der Waals surface area (Å²) in [4.78, 5) is 22.2. The largest absolute Gasteiger partial charge is 0.340 e. The Balaban J connectivity index is 1.58. The summed E-state index contributed by atoms with van der Waals surface area (Å²) in [6.45, 7) is 5.67. The van der Waals surface area contributed by atoms with E-state index < -0.39 is 0 Å². The molecule has 0 aliphatic heterocycles. The number of thioether (sulfide) groups is 1. The van der Waals surface area contributed by atoms with E-state index in [9.17, 15) is 4.79 Å². The normalized spacial score (nSPS) is 12.0. The minimum atomic E-state index is -0.384. The number of rotatable bonds is 6. The van der Waals surface area contributed by atoms with Gasteiger partial charge in [0.2, 0.25) is 5.91 Å². The van der Waals surface area contributed by atoms with Crippen molar-refractivity contribution in [2.24, 2.45) is 7.05 Å². The van der Waals surface area contributed by atoms with Crippen LogP contribution in [0.1, 0.15) is 18.3 Å². The zero-order valence-corrected chi connectivity index (χ0v) is 18.7. The summed E-state index contributed by atoms with van der Waals surface area (Å²) in [5, 5.41) is 11.8. The summed E-state index contributed by atoms with van der Waals surface area (Å²) < 4.78 is 1.76. The van der Waals surface area contributed by atoms with Crippen LogP contribution in [0.15, 0.2) is 59.8 Å². The number of fused-ring (bicyclic) bond motifs is 1. The summed E-state index contributed by atoms with van der Waals surface area (Å²) in [5.41, 5.74) is 4.23. The Morgan fingerprint density at radius 2 is 1.74 bits per heavy atom. The number of para-hydroxylation sites is 2. The highest BCUT2D eigenvalue weighted by Gasteiger charge is 2.20. The third-order valence-corrected chi connectivity index (χ3v) is 5.99. The lowest BCUT2D eigenvalue weighted by molar-refractivity contribution is -0.115. The van der Waals surface area contributed by atoms with Gasteiger partial charge in [-0.3, -0.25) is 9.48 Å². The molecule has 31 heavy (non-hydrogen) atoms. The zero-order valence-electron chi connectivity index (χ0n) is 17.9. The molecule has 0 spiro atoms. The molecule has 0 saturated heterocycles. The molecule has 0 fully saturated rings. The van der Waals surface area contributed by atoms with Gasteiger partial charge in [-0.25, -0.2) is 9.97 Å². The van der Waals surface area contributed by atoms with Crippen LogP contribution in [0.25, 0.3) is 10.9 Å². The van der Waals surface area contributed by atoms with Crippen LogP contribution in [0.4, 0.5) is 17.2 Å². The Morgan fingerprint density at radius 1 is 1.03 bits per heavy atom. The van der Waals surface area contributed by atoms with Crippen LogP contribution in [0.2, 0.25) is 0 Å². The van der Waals surface area contributed by atoms with Gasteiger partial charge in [0.1, 0.15) is 5.82 Å². The number of carbonyl (C=O) groups excluding carboxylic acids is 1. The standard InChI is InChI=1S/C23H24N6OS/c1-14-20(15(2)29(4)28-14)26-22(30)16(3)31-23-25-19-13-9-8-12-18(19)21(27-23)24-17-10-6-5-7-11-17/h5-13,16H,1-4H3,(H,26,30)(H,24,25,27). The third-order valence-electron chi connectivity index (χ3n) is 5.03. The van der Waals surface area contributed by atoms with Crippen LogP contribution in [0.5, 0.6) is 0 Å². The quantitative estimate of drug-likeness (QED) is 0.335. The number of hydrogen-bond donors (Lipinski definition) is 2. The first-order valence-electron chi connectivity index (χ1n) is 9.99. The second-order valence-corrected chi connectivity index (χ2v) is 8.59. The van der Waals surface area contributed by atoms with E-state index in [4.69, 9.17) is 4.98 Å². The van der Waals surface area contributed by atoms with Crippen LogP contribution in [0, 0.1) is 13.8 Å². The first-order valence-corrected chi connectivity index (χ1v) is 10.9. The molecule has 2 aromatic heterocycles. The van der Waals surface area contributed by atoms with Crippen LogP contribution >= 0.6 is 11.8 Å². The average Bonchev–Trinajstić information content (AvgIpc) is 3.00. The zero-order chi connectivity index (χ0) is 22.0. The van der Waals surface area contributed by atoms with E-state index in [1.165, 1.54) is 11.8 Å². The first-order chi connectivity index (χ1) is 14.9. The first kappa shape index (κ1) is 20.9. The summed E-state index contributed by atoms with van der Waals surface area (Å²) in [5.74, 6) is 0.601. The van der Waals surface area contributed by atoms with Gasteiger partial charge >= 0.3 is 0 Å². The van der Waals surface area contributed by atoms with E-state index in [-0.39, 0.29) is 11.2 Å². The second kappa shape index (κ2) is 8.77. The lowest BCUT2D eigenvalue weighted by Crippen LogP contribution is -2.23. The van der Waals surface area contributed by atoms with Gasteiger partial charge < -0.3 is 10.6 Å². The number of hydrogen-bond acceptors (Lipinski definition) is 6. The summed E-state index contributed by atoms with van der Waals surface area (Å²) >= 11 is 1.33. The molecule has 8 heteroatoms. The van der Waals surface area contributed by atoms with E-state index in [1.807, 2.05) is 82.4 Å². The molecule has 0 radical (unpaired) electrons. The van der Waals surface area contributed by atoms with Gasteiger partial charge in [0, 0.05) is 18.1 Å². The molecule has 2 heterocycles. The number of amides is 1. The molecule has 1 amide bonds. The molecule has 0 bridgehead atoms. The second-order valence-electron chi connectivity index (χ2n) is 7.28. The summed E-state index contributed by atoms with van der Waals surface area (Å²) in [7, 11) is 1.86. The lowest BCUT2D eigenvalue weighted by Gasteiger charge is -2.14. The molecule has 4 aromatic rings. The van der Waals surface area contributed by atoms with E-state index >= 15 is 0 Å². The average molecular weight is 433 g/mol. The number of benzene rings is 2. The van der Waals surface area contributed by atoms with Gasteiger partial charge in [0.15, 0.2) is 5.16 Å². The fraction of sp³-hybridized carbons (Fsp3) is 0.217. The van der Waals surface area contributed by atoms with Gasteiger partial charge in [-0.2, -0.15) is 5.10 Å². The van der Waals surface area contributed by atoms with Gasteiger partial charge in [0.25, 0.3) is 0 Å². The number of carbonyl (C=O) groups is 1. The summed E-state index contributed by atoms with van der Waals surface area (Å²) in [6, 6.07) is 17.7. The van der Waals surface area contributed by atoms with Crippen molar-refractivity contribution >= 4 is 45.8 Å². The van der Waals surface area contributed by atoms with Crippen molar-refractivity contribution in [2.45, 2.75) is 31.2 Å². The predicted molar refractivity (Wildman–Crippen MR) is 126 cm³/mol. The molecular weight excluding hydrogens is 408 g/mol. The molecular formula is C23H24N6OS. The van der Waals surface area contributed by atoms with Crippen molar-refractivity contribution < 1.29 is 4.79 Å². The molecule has 0 saturated carbocycles. The number of aryl methyl sites for hydroxylation is 2. The van der Waals surface area contributed by atoms with Crippen LogP contribution in [-0.4, -0.2) is 30.9 Å². The fourth-order valence-electron chi connectivity index (χ4n) is 3.25. The minimum Gasteiger partial charge on any atom is -0.340 e. The van der Waals surface area contributed by atoms with E-state index in [0.29, 0.717) is 11.0 Å². The van der Waals surface area contributed by atoms with Crippen molar-refractivity contribution in [3.8, 4) is 0 Å². The van der Waals surface area contributed by atoms with Crippen LogP contribution < -0.4 is 10.6 Å². The fourth-order valence-corrected chi connectivity index (χ4v) is 4.03. The Morgan fingerprint density at radius 3 is 2.45 bits per heavy atom. The van der Waals surface area contributed by atoms with E-state index in [0.717, 1.165) is 33.7 Å². The number of nitrogens with one attached hydrogen (secondary N) is 2. The van der Waals surface area contributed by atoms with Crippen molar-refractivity contribution in [1.29, 1.82) is 0 Å². The van der Waals surface area contributed by atoms with Crippen LogP contribution in [-0.2, 0) is 11.8 Å². The molecule has 158 valence electrons. The Kier molecular flexibility index (Phi) is 5.90. The molecule has 7 nitrogen and oxygen atoms in total. The van der Waals surface area contributed by atoms with Crippen LogP contribution in [0.3, 0.4) is 0 Å². The van der Waals surface area contributed by atoms with Crippen molar-refractivity contribution in [1.82, 2.24) is 19.7 Å². The predicted octanol–water partition coefficient (Wildman–Crippen LogP) is 4.84. The maximum Gasteiger partial charge on any atom is 0.237 e. The minimum absolute atomic E-state index is 0.112. The maximum atomic E-state index is 12.8. The Hall–Kier alpha value is -3.39. The lowest BCUT2D eigenvalue weighted by atomic mass is 10.2. The highest BCUT2D eigenvalue weighted by Crippen LogP contribution is 2.29. The van der Waals surface area contributed by atoms with Gasteiger partial charge in [-0.1, -0.05) is 42.1 Å². The highest BCUT2D eigenvalue weighted by molar-refractivity contribution is 8.00. The Bertz CT molecular complexity index is 1240. The molecule has 4 rings (SSSR count). The number of nitrogens with zero attached hydrogens (tertiary/aromatic N) is 4. The SMILES string of the molecule is Cc1nn(C)c(C)c1NC(=O)C(C)Sc1nc(Nc2ccccc2)c2ccccc2n1. The summed E-state index contributed by atoms with van der Waals surface area (Å²) in [6.07, 6.45) is 0. The Labute approximate surface area is 185 Å². The van der Waals surface area contributed by atoms with Gasteiger partial charge in [-0.15, -0.1) is 0 Å². The topological polar surface area (TPSA) is 84.7 Å². The van der Waals surface area contributed by atoms with Crippen molar-refractivity contribution in [3.05, 3.63) is 66.0 Å². The monoisotopic (exact) mass is 432 g/mol. The maximum absolute atomic E-state index is 12.8. The number of anilines is 3. The molecule has 0 aliphatic carbocycles. The van der Waals surface area contributed by atoms with E-state index in [1.54, 1.807) is 4.68 Å². The van der Waals surface area contributed by atoms with Crippen molar-refractivity contribution in [2.75, 3.05) is 10.6 Å². The molecule has 0 aliphatic rings. The van der Waals surface area contributed by atoms with Gasteiger partial charge in [0.05, 0.1) is 27.8 Å². The smallest absolute Gasteiger partial charge is 0.237 e.